The van der Waals surface area contributed by atoms with Crippen LogP contribution in [0.25, 0.3) is 11.5 Å². The molecule has 0 unspecified atom stereocenters. The molecule has 1 aliphatic rings. The number of aliphatic imine (C=N–C) groups is 1. The van der Waals surface area contributed by atoms with Gasteiger partial charge in [0.05, 0.1) is 12.2 Å². The maximum atomic E-state index is 5.58. The minimum Gasteiger partial charge on any atom is -0.444 e. The Morgan fingerprint density at radius 2 is 2.14 bits per heavy atom. The van der Waals surface area contributed by atoms with Crippen LogP contribution < -0.4 is 10.6 Å². The number of rotatable bonds is 6. The van der Waals surface area contributed by atoms with E-state index in [-0.39, 0.29) is 0 Å². The van der Waals surface area contributed by atoms with Gasteiger partial charge in [-0.2, -0.15) is 0 Å². The lowest BCUT2D eigenvalue weighted by Crippen LogP contribution is -2.42. The maximum Gasteiger partial charge on any atom is 0.226 e. The standard InChI is InChI=1S/C21H25N5OS/c1-22-21(23-9-11-26-10-7-19-17(14-26)8-12-28-19)24-13-18-15-27-20(25-18)16-5-3-2-4-6-16/h2-6,8,12,15H,7,9-11,13-14H2,1H3,(H2,22,23,24). The topological polar surface area (TPSA) is 65.7 Å². The van der Waals surface area contributed by atoms with E-state index in [1.165, 1.54) is 5.56 Å². The zero-order chi connectivity index (χ0) is 19.2. The Morgan fingerprint density at radius 1 is 1.25 bits per heavy atom. The molecule has 0 saturated carbocycles. The van der Waals surface area contributed by atoms with Gasteiger partial charge in [-0.15, -0.1) is 11.3 Å². The molecule has 0 fully saturated rings. The minimum atomic E-state index is 0.567. The molecule has 3 aromatic rings. The number of guanidine groups is 1. The SMILES string of the molecule is CN=C(NCCN1CCc2sccc2C1)NCc1coc(-c2ccccc2)n1. The normalized spacial score (nSPS) is 14.7. The third-order valence-electron chi connectivity index (χ3n) is 4.84. The number of aromatic nitrogens is 1. The summed E-state index contributed by atoms with van der Waals surface area (Å²) in [5.74, 6) is 1.41. The molecule has 0 atom stereocenters. The molecule has 0 spiro atoms. The summed E-state index contributed by atoms with van der Waals surface area (Å²) in [6.45, 7) is 4.60. The summed E-state index contributed by atoms with van der Waals surface area (Å²) in [5.41, 5.74) is 3.31. The van der Waals surface area contributed by atoms with E-state index in [2.05, 4.69) is 37.0 Å². The van der Waals surface area contributed by atoms with Crippen molar-refractivity contribution in [1.82, 2.24) is 20.5 Å². The highest BCUT2D eigenvalue weighted by Gasteiger charge is 2.16. The second-order valence-corrected chi connectivity index (χ2v) is 7.76. The second kappa shape index (κ2) is 9.03. The third kappa shape index (κ3) is 4.61. The van der Waals surface area contributed by atoms with Crippen LogP contribution >= 0.6 is 11.3 Å². The van der Waals surface area contributed by atoms with Gasteiger partial charge in [0.2, 0.25) is 5.89 Å². The van der Waals surface area contributed by atoms with Crippen LogP contribution in [0.3, 0.4) is 0 Å². The number of benzene rings is 1. The summed E-state index contributed by atoms with van der Waals surface area (Å²) in [4.78, 5) is 12.9. The zero-order valence-corrected chi connectivity index (χ0v) is 16.8. The van der Waals surface area contributed by atoms with Crippen LogP contribution in [0.1, 0.15) is 16.1 Å². The van der Waals surface area contributed by atoms with Crippen LogP contribution in [0.15, 0.2) is 57.5 Å². The van der Waals surface area contributed by atoms with E-state index < -0.39 is 0 Å². The van der Waals surface area contributed by atoms with Crippen LogP contribution in [-0.2, 0) is 19.5 Å². The smallest absolute Gasteiger partial charge is 0.226 e. The predicted molar refractivity (Wildman–Crippen MR) is 113 cm³/mol. The summed E-state index contributed by atoms with van der Waals surface area (Å²) >= 11 is 1.88. The summed E-state index contributed by atoms with van der Waals surface area (Å²) in [7, 11) is 1.78. The first kappa shape index (κ1) is 18.7. The van der Waals surface area contributed by atoms with Crippen molar-refractivity contribution >= 4 is 17.3 Å². The molecule has 2 N–H and O–H groups in total. The lowest BCUT2D eigenvalue weighted by molar-refractivity contribution is 0.260. The van der Waals surface area contributed by atoms with E-state index >= 15 is 0 Å². The number of thiophene rings is 1. The van der Waals surface area contributed by atoms with E-state index in [0.717, 1.165) is 49.8 Å². The van der Waals surface area contributed by atoms with Crippen molar-refractivity contribution in [2.24, 2.45) is 4.99 Å². The van der Waals surface area contributed by atoms with Crippen LogP contribution in [-0.4, -0.2) is 42.5 Å². The van der Waals surface area contributed by atoms with Gasteiger partial charge in [0.25, 0.3) is 0 Å². The van der Waals surface area contributed by atoms with Crippen molar-refractivity contribution in [1.29, 1.82) is 0 Å². The number of nitrogens with one attached hydrogen (secondary N) is 2. The monoisotopic (exact) mass is 395 g/mol. The quantitative estimate of drug-likeness (QED) is 0.496. The number of oxazole rings is 1. The van der Waals surface area contributed by atoms with Crippen molar-refractivity contribution in [2.75, 3.05) is 26.7 Å². The molecule has 2 aromatic heterocycles. The van der Waals surface area contributed by atoms with E-state index in [9.17, 15) is 0 Å². The molecular formula is C21H25N5OS. The van der Waals surface area contributed by atoms with Gasteiger partial charge < -0.3 is 15.1 Å². The van der Waals surface area contributed by atoms with Crippen LogP contribution in [0.5, 0.6) is 0 Å². The number of hydrogen-bond acceptors (Lipinski definition) is 5. The number of hydrogen-bond donors (Lipinski definition) is 2. The molecule has 0 bridgehead atoms. The molecule has 4 rings (SSSR count). The van der Waals surface area contributed by atoms with Crippen molar-refractivity contribution in [3.8, 4) is 11.5 Å². The fourth-order valence-electron chi connectivity index (χ4n) is 3.33. The van der Waals surface area contributed by atoms with Crippen molar-refractivity contribution < 1.29 is 4.42 Å². The van der Waals surface area contributed by atoms with Crippen LogP contribution in [0, 0.1) is 0 Å². The summed E-state index contributed by atoms with van der Waals surface area (Å²) in [6.07, 6.45) is 2.85. The molecule has 7 heteroatoms. The fourth-order valence-corrected chi connectivity index (χ4v) is 4.22. The van der Waals surface area contributed by atoms with Gasteiger partial charge >= 0.3 is 0 Å². The second-order valence-electron chi connectivity index (χ2n) is 6.76. The Balaban J connectivity index is 1.22. The van der Waals surface area contributed by atoms with Gasteiger partial charge in [0.1, 0.15) is 6.26 Å². The molecule has 6 nitrogen and oxygen atoms in total. The Hall–Kier alpha value is -2.64. The highest BCUT2D eigenvalue weighted by atomic mass is 32.1. The number of fused-ring (bicyclic) bond motifs is 1. The molecule has 0 amide bonds. The average Bonchev–Trinajstić information content (AvgIpc) is 3.40. The van der Waals surface area contributed by atoms with E-state index in [4.69, 9.17) is 4.42 Å². The molecular weight excluding hydrogens is 370 g/mol. The lowest BCUT2D eigenvalue weighted by atomic mass is 10.1. The van der Waals surface area contributed by atoms with Gasteiger partial charge in [-0.3, -0.25) is 9.89 Å². The highest BCUT2D eigenvalue weighted by Crippen LogP contribution is 2.23. The maximum absolute atomic E-state index is 5.58. The summed E-state index contributed by atoms with van der Waals surface area (Å²) in [5, 5.41) is 8.88. The van der Waals surface area contributed by atoms with Gasteiger partial charge in [-0.1, -0.05) is 18.2 Å². The van der Waals surface area contributed by atoms with Gasteiger partial charge in [-0.25, -0.2) is 4.98 Å². The molecule has 1 aliphatic heterocycles. The fraction of sp³-hybridized carbons (Fsp3) is 0.333. The molecule has 28 heavy (non-hydrogen) atoms. The van der Waals surface area contributed by atoms with Crippen molar-refractivity contribution in [3.63, 3.8) is 0 Å². The number of nitrogens with zero attached hydrogens (tertiary/aromatic N) is 3. The summed E-state index contributed by atoms with van der Waals surface area (Å²) < 4.78 is 5.58. The molecule has 1 aromatic carbocycles. The Labute approximate surface area is 169 Å². The van der Waals surface area contributed by atoms with Gasteiger partial charge in [-0.05, 0) is 35.6 Å². The molecule has 3 heterocycles. The van der Waals surface area contributed by atoms with Gasteiger partial charge in [0, 0.05) is 43.7 Å². The zero-order valence-electron chi connectivity index (χ0n) is 16.0. The van der Waals surface area contributed by atoms with Crippen molar-refractivity contribution in [3.05, 3.63) is 64.2 Å². The largest absolute Gasteiger partial charge is 0.444 e. The average molecular weight is 396 g/mol. The van der Waals surface area contributed by atoms with E-state index in [1.807, 2.05) is 41.7 Å². The molecule has 0 saturated heterocycles. The Kier molecular flexibility index (Phi) is 6.04. The van der Waals surface area contributed by atoms with E-state index in [0.29, 0.717) is 12.4 Å². The Morgan fingerprint density at radius 3 is 3.00 bits per heavy atom. The predicted octanol–water partition coefficient (Wildman–Crippen LogP) is 3.13. The van der Waals surface area contributed by atoms with E-state index in [1.54, 1.807) is 18.2 Å². The first-order valence-electron chi connectivity index (χ1n) is 9.54. The third-order valence-corrected chi connectivity index (χ3v) is 5.86. The molecule has 146 valence electrons. The molecule has 0 aliphatic carbocycles. The highest BCUT2D eigenvalue weighted by molar-refractivity contribution is 7.10. The lowest BCUT2D eigenvalue weighted by Gasteiger charge is -2.27. The van der Waals surface area contributed by atoms with Gasteiger partial charge in [0.15, 0.2) is 5.96 Å². The van der Waals surface area contributed by atoms with Crippen molar-refractivity contribution in [2.45, 2.75) is 19.5 Å². The van der Waals surface area contributed by atoms with Crippen LogP contribution in [0.2, 0.25) is 0 Å². The minimum absolute atomic E-state index is 0.567. The summed E-state index contributed by atoms with van der Waals surface area (Å²) in [6, 6.07) is 12.2. The first-order valence-corrected chi connectivity index (χ1v) is 10.4. The Bertz CT molecular complexity index is 918. The van der Waals surface area contributed by atoms with Crippen LogP contribution in [0.4, 0.5) is 0 Å². The molecule has 0 radical (unpaired) electrons. The first-order chi connectivity index (χ1) is 13.8.